The summed E-state index contributed by atoms with van der Waals surface area (Å²) < 4.78 is 11.6. The molecule has 0 saturated carbocycles. The first-order valence-electron chi connectivity index (χ1n) is 10.2. The van der Waals surface area contributed by atoms with Crippen LogP contribution in [0, 0.1) is 11.3 Å². The Balaban J connectivity index is 1.51. The first-order valence-corrected chi connectivity index (χ1v) is 10.2. The predicted octanol–water partition coefficient (Wildman–Crippen LogP) is 2.47. The Bertz CT molecular complexity index is 937. The molecule has 0 aliphatic carbocycles. The quantitative estimate of drug-likeness (QED) is 0.838. The second-order valence-electron chi connectivity index (χ2n) is 7.64. The Morgan fingerprint density at radius 2 is 1.97 bits per heavy atom. The summed E-state index contributed by atoms with van der Waals surface area (Å²) in [6.45, 7) is 4.23. The molecule has 1 amide bonds. The van der Waals surface area contributed by atoms with Gasteiger partial charge in [0.05, 0.1) is 31.0 Å². The number of nitrogens with zero attached hydrogens (tertiary/aromatic N) is 1. The van der Waals surface area contributed by atoms with Gasteiger partial charge >= 0.3 is 0 Å². The fraction of sp³-hybridized carbons (Fsp3) is 0.391. The smallest absolute Gasteiger partial charge is 0.282 e. The molecule has 2 N–H and O–H groups in total. The molecule has 0 aromatic heterocycles. The van der Waals surface area contributed by atoms with Crippen LogP contribution in [0.1, 0.15) is 43.4 Å². The van der Waals surface area contributed by atoms with Gasteiger partial charge in [-0.15, -0.1) is 0 Å². The number of quaternary nitrogens is 1. The summed E-state index contributed by atoms with van der Waals surface area (Å²) in [5, 5.41) is 12.2. The van der Waals surface area contributed by atoms with E-state index in [1.54, 1.807) is 18.2 Å². The molecular formula is C23H26N3O3+. The highest BCUT2D eigenvalue weighted by Gasteiger charge is 2.37. The van der Waals surface area contributed by atoms with E-state index in [9.17, 15) is 10.1 Å². The zero-order valence-electron chi connectivity index (χ0n) is 16.6. The molecule has 2 aromatic carbocycles. The third kappa shape index (κ3) is 4.06. The minimum absolute atomic E-state index is 0.0658. The molecule has 0 spiro atoms. The average Bonchev–Trinajstić information content (AvgIpc) is 3.12. The van der Waals surface area contributed by atoms with Crippen LogP contribution in [0.25, 0.3) is 0 Å². The van der Waals surface area contributed by atoms with Gasteiger partial charge in [0.1, 0.15) is 12.1 Å². The molecule has 4 rings (SSSR count). The number of fused-ring (bicyclic) bond motifs is 1. The Morgan fingerprint density at radius 3 is 2.79 bits per heavy atom. The number of hydrogen-bond acceptors (Lipinski definition) is 4. The van der Waals surface area contributed by atoms with Gasteiger partial charge in [-0.05, 0) is 37.3 Å². The van der Waals surface area contributed by atoms with E-state index in [0.29, 0.717) is 24.5 Å². The summed E-state index contributed by atoms with van der Waals surface area (Å²) in [5.74, 6) is 1.53. The fourth-order valence-electron chi connectivity index (χ4n) is 4.26. The molecule has 150 valence electrons. The number of carbonyl (C=O) groups is 1. The lowest BCUT2D eigenvalue weighted by molar-refractivity contribution is -0.932. The second-order valence-corrected chi connectivity index (χ2v) is 7.64. The van der Waals surface area contributed by atoms with Gasteiger partial charge in [0.15, 0.2) is 17.5 Å². The van der Waals surface area contributed by atoms with E-state index < -0.39 is 0 Å². The molecule has 3 atom stereocenters. The summed E-state index contributed by atoms with van der Waals surface area (Å²) in [5.41, 5.74) is 2.22. The van der Waals surface area contributed by atoms with Gasteiger partial charge in [-0.2, -0.15) is 5.26 Å². The van der Waals surface area contributed by atoms with Crippen molar-refractivity contribution >= 4 is 11.6 Å². The molecule has 2 aromatic rings. The number of rotatable bonds is 4. The lowest BCUT2D eigenvalue weighted by atomic mass is 10.0. The maximum Gasteiger partial charge on any atom is 0.282 e. The van der Waals surface area contributed by atoms with Crippen molar-refractivity contribution in [1.82, 2.24) is 0 Å². The largest absolute Gasteiger partial charge is 0.490 e. The summed E-state index contributed by atoms with van der Waals surface area (Å²) in [4.78, 5) is 14.2. The number of benzene rings is 2. The SMILES string of the molecule is C[C@H](C(=O)Nc1ccccc1C#N)[NH+]1CCC[C@@H]1c1ccc2c(c1)OCCCO2. The molecule has 2 heterocycles. The number of nitrogens with one attached hydrogen (secondary N) is 2. The molecule has 1 unspecified atom stereocenters. The summed E-state index contributed by atoms with van der Waals surface area (Å²) in [6, 6.07) is 15.4. The molecule has 0 bridgehead atoms. The third-order valence-electron chi connectivity index (χ3n) is 5.83. The maximum atomic E-state index is 12.9. The number of hydrogen-bond donors (Lipinski definition) is 2. The number of para-hydroxylation sites is 1. The first kappa shape index (κ1) is 19.3. The Labute approximate surface area is 171 Å². The van der Waals surface area contributed by atoms with Crippen molar-refractivity contribution in [3.8, 4) is 17.6 Å². The Hall–Kier alpha value is -3.04. The lowest BCUT2D eigenvalue weighted by Crippen LogP contribution is -3.15. The van der Waals surface area contributed by atoms with Crippen LogP contribution < -0.4 is 19.7 Å². The third-order valence-corrected chi connectivity index (χ3v) is 5.83. The fourth-order valence-corrected chi connectivity index (χ4v) is 4.26. The molecule has 0 radical (unpaired) electrons. The van der Waals surface area contributed by atoms with E-state index in [0.717, 1.165) is 37.3 Å². The van der Waals surface area contributed by atoms with Gasteiger partial charge in [0, 0.05) is 24.8 Å². The van der Waals surface area contributed by atoms with E-state index in [1.807, 2.05) is 19.1 Å². The van der Waals surface area contributed by atoms with E-state index >= 15 is 0 Å². The van der Waals surface area contributed by atoms with Gasteiger partial charge < -0.3 is 19.7 Å². The van der Waals surface area contributed by atoms with E-state index in [1.165, 1.54) is 10.5 Å². The number of anilines is 1. The highest BCUT2D eigenvalue weighted by Crippen LogP contribution is 2.33. The summed E-state index contributed by atoms with van der Waals surface area (Å²) >= 11 is 0. The second kappa shape index (κ2) is 8.54. The van der Waals surface area contributed by atoms with Crippen molar-refractivity contribution < 1.29 is 19.2 Å². The van der Waals surface area contributed by atoms with E-state index in [4.69, 9.17) is 9.47 Å². The zero-order chi connectivity index (χ0) is 20.2. The van der Waals surface area contributed by atoms with Crippen molar-refractivity contribution in [1.29, 1.82) is 5.26 Å². The van der Waals surface area contributed by atoms with Gasteiger partial charge in [-0.3, -0.25) is 4.79 Å². The maximum absolute atomic E-state index is 12.9. The number of likely N-dealkylation sites (tertiary alicyclic amines) is 1. The standard InChI is InChI=1S/C23H25N3O3/c1-16(23(27)25-19-7-3-2-6-18(19)15-24)26-11-4-8-20(26)17-9-10-21-22(14-17)29-13-5-12-28-21/h2-3,6-7,9-10,14,16,20H,4-5,8,11-13H2,1H3,(H,25,27)/p+1/t16-,20-/m1/s1. The Kier molecular flexibility index (Phi) is 5.68. The highest BCUT2D eigenvalue weighted by molar-refractivity contribution is 5.94. The van der Waals surface area contributed by atoms with Crippen molar-refractivity contribution in [3.05, 3.63) is 53.6 Å². The van der Waals surface area contributed by atoms with Gasteiger partial charge in [-0.25, -0.2) is 0 Å². The van der Waals surface area contributed by atoms with E-state index in [-0.39, 0.29) is 18.0 Å². The minimum atomic E-state index is -0.231. The molecule has 6 nitrogen and oxygen atoms in total. The van der Waals surface area contributed by atoms with Crippen molar-refractivity contribution in [2.75, 3.05) is 25.1 Å². The lowest BCUT2D eigenvalue weighted by Gasteiger charge is -2.27. The molecule has 6 heteroatoms. The number of nitriles is 1. The van der Waals surface area contributed by atoms with Crippen LogP contribution in [0.4, 0.5) is 5.69 Å². The molecular weight excluding hydrogens is 366 g/mol. The molecule has 2 aliphatic rings. The average molecular weight is 392 g/mol. The summed E-state index contributed by atoms with van der Waals surface area (Å²) in [7, 11) is 0. The zero-order valence-corrected chi connectivity index (χ0v) is 16.6. The topological polar surface area (TPSA) is 75.8 Å². The van der Waals surface area contributed by atoms with Crippen LogP contribution >= 0.6 is 0 Å². The minimum Gasteiger partial charge on any atom is -0.490 e. The molecule has 29 heavy (non-hydrogen) atoms. The van der Waals surface area contributed by atoms with E-state index in [2.05, 4.69) is 23.5 Å². The van der Waals surface area contributed by atoms with Crippen LogP contribution in [-0.2, 0) is 4.79 Å². The van der Waals surface area contributed by atoms with Crippen molar-refractivity contribution in [2.24, 2.45) is 0 Å². The van der Waals surface area contributed by atoms with Crippen molar-refractivity contribution in [3.63, 3.8) is 0 Å². The number of carbonyl (C=O) groups excluding carboxylic acids is 1. The van der Waals surface area contributed by atoms with Crippen LogP contribution in [0.15, 0.2) is 42.5 Å². The van der Waals surface area contributed by atoms with Gasteiger partial charge in [0.2, 0.25) is 0 Å². The Morgan fingerprint density at radius 1 is 1.17 bits per heavy atom. The van der Waals surface area contributed by atoms with Crippen molar-refractivity contribution in [2.45, 2.75) is 38.3 Å². The van der Waals surface area contributed by atoms with Gasteiger partial charge in [0.25, 0.3) is 5.91 Å². The van der Waals surface area contributed by atoms with Gasteiger partial charge in [-0.1, -0.05) is 12.1 Å². The monoisotopic (exact) mass is 392 g/mol. The summed E-state index contributed by atoms with van der Waals surface area (Å²) in [6.07, 6.45) is 2.98. The number of amides is 1. The first-order chi connectivity index (χ1) is 14.2. The normalized spacial score (nSPS) is 21.7. The highest BCUT2D eigenvalue weighted by atomic mass is 16.5. The molecule has 1 fully saturated rings. The predicted molar refractivity (Wildman–Crippen MR) is 109 cm³/mol. The van der Waals surface area contributed by atoms with Crippen LogP contribution in [0.5, 0.6) is 11.5 Å². The van der Waals surface area contributed by atoms with Crippen LogP contribution in [-0.4, -0.2) is 31.7 Å². The van der Waals surface area contributed by atoms with Crippen LogP contribution in [0.2, 0.25) is 0 Å². The molecule has 1 saturated heterocycles. The number of ether oxygens (including phenoxy) is 2. The van der Waals surface area contributed by atoms with Crippen LogP contribution in [0.3, 0.4) is 0 Å². The molecule has 2 aliphatic heterocycles.